The molecule has 1 aliphatic heterocycles. The fourth-order valence-corrected chi connectivity index (χ4v) is 5.24. The van der Waals surface area contributed by atoms with Crippen molar-refractivity contribution < 1.29 is 9.47 Å². The molecule has 0 saturated carbocycles. The number of rotatable bonds is 8. The van der Waals surface area contributed by atoms with Gasteiger partial charge in [0.25, 0.3) is 0 Å². The number of hydrogen-bond donors (Lipinski definition) is 1. The molecule has 0 unspecified atom stereocenters. The van der Waals surface area contributed by atoms with Gasteiger partial charge in [0.05, 0.1) is 31.1 Å². The summed E-state index contributed by atoms with van der Waals surface area (Å²) in [5.74, 6) is 2.26. The third kappa shape index (κ3) is 5.19. The quantitative estimate of drug-likeness (QED) is 0.235. The standard InChI is InChI=1S/C31H27N5O2S/c1-37-24-14-16-26(17-15-24)38-25-12-10-23(11-13-25)36-30(29(34-31(36)39)27-8-3-5-19-33-27)28-9-6-20-35(28)21-22-7-2-4-18-32-22/h2-20,29-30H,21H2,1H3,(H,34,39)/t29-,30+/m1/s1. The van der Waals surface area contributed by atoms with E-state index < -0.39 is 0 Å². The molecule has 3 aromatic heterocycles. The number of nitrogens with one attached hydrogen (secondary N) is 1. The molecule has 0 aliphatic carbocycles. The van der Waals surface area contributed by atoms with Crippen LogP contribution in [0.1, 0.15) is 29.2 Å². The minimum absolute atomic E-state index is 0.125. The maximum absolute atomic E-state index is 6.05. The molecule has 8 heteroatoms. The van der Waals surface area contributed by atoms with Crippen molar-refractivity contribution in [3.63, 3.8) is 0 Å². The van der Waals surface area contributed by atoms with Crippen LogP contribution in [0.25, 0.3) is 0 Å². The van der Waals surface area contributed by atoms with E-state index in [0.717, 1.165) is 40.0 Å². The van der Waals surface area contributed by atoms with Crippen molar-refractivity contribution in [1.82, 2.24) is 19.9 Å². The van der Waals surface area contributed by atoms with Gasteiger partial charge in [0.2, 0.25) is 0 Å². The van der Waals surface area contributed by atoms with Crippen LogP contribution in [0, 0.1) is 0 Å². The maximum atomic E-state index is 6.05. The van der Waals surface area contributed by atoms with Crippen molar-refractivity contribution >= 4 is 23.0 Å². The molecular formula is C31H27N5O2S. The van der Waals surface area contributed by atoms with E-state index in [-0.39, 0.29) is 12.1 Å². The van der Waals surface area contributed by atoms with Crippen molar-refractivity contribution in [3.05, 3.63) is 133 Å². The molecule has 0 radical (unpaired) electrons. The van der Waals surface area contributed by atoms with E-state index in [9.17, 15) is 0 Å². The number of hydrogen-bond acceptors (Lipinski definition) is 5. The number of benzene rings is 2. The smallest absolute Gasteiger partial charge is 0.174 e. The largest absolute Gasteiger partial charge is 0.497 e. The molecule has 0 bridgehead atoms. The Kier molecular flexibility index (Phi) is 6.93. The summed E-state index contributed by atoms with van der Waals surface area (Å²) in [6.45, 7) is 0.657. The van der Waals surface area contributed by atoms with Gasteiger partial charge >= 0.3 is 0 Å². The lowest BCUT2D eigenvalue weighted by Crippen LogP contribution is -2.30. The lowest BCUT2D eigenvalue weighted by molar-refractivity contribution is 0.413. The number of nitrogens with zero attached hydrogens (tertiary/aromatic N) is 4. The van der Waals surface area contributed by atoms with Gasteiger partial charge in [0, 0.05) is 30.0 Å². The second-order valence-electron chi connectivity index (χ2n) is 9.15. The molecule has 0 spiro atoms. The van der Waals surface area contributed by atoms with E-state index in [4.69, 9.17) is 21.7 Å². The van der Waals surface area contributed by atoms with Crippen LogP contribution in [-0.2, 0) is 6.54 Å². The Morgan fingerprint density at radius 2 is 1.49 bits per heavy atom. The average molecular weight is 534 g/mol. The second-order valence-corrected chi connectivity index (χ2v) is 9.54. The molecule has 4 heterocycles. The minimum atomic E-state index is -0.133. The molecule has 2 aromatic carbocycles. The molecule has 2 atom stereocenters. The topological polar surface area (TPSA) is 64.4 Å². The summed E-state index contributed by atoms with van der Waals surface area (Å²) in [5, 5.41) is 4.18. The molecule has 1 N–H and O–H groups in total. The predicted octanol–water partition coefficient (Wildman–Crippen LogP) is 6.30. The first-order chi connectivity index (χ1) is 19.2. The molecule has 7 nitrogen and oxygen atoms in total. The first kappa shape index (κ1) is 24.6. The fourth-order valence-electron chi connectivity index (χ4n) is 4.89. The maximum Gasteiger partial charge on any atom is 0.174 e. The van der Waals surface area contributed by atoms with Crippen LogP contribution in [0.5, 0.6) is 17.2 Å². The van der Waals surface area contributed by atoms with E-state index in [0.29, 0.717) is 11.7 Å². The zero-order valence-corrected chi connectivity index (χ0v) is 22.2. The lowest BCUT2D eigenvalue weighted by Gasteiger charge is -2.29. The van der Waals surface area contributed by atoms with E-state index >= 15 is 0 Å². The summed E-state index contributed by atoms with van der Waals surface area (Å²) < 4.78 is 13.5. The van der Waals surface area contributed by atoms with Gasteiger partial charge in [-0.3, -0.25) is 9.97 Å². The Labute approximate surface area is 232 Å². The van der Waals surface area contributed by atoms with E-state index in [1.54, 1.807) is 7.11 Å². The van der Waals surface area contributed by atoms with Crippen LogP contribution in [-0.4, -0.2) is 26.8 Å². The molecule has 1 saturated heterocycles. The van der Waals surface area contributed by atoms with Crippen molar-refractivity contribution in [2.75, 3.05) is 12.0 Å². The molecule has 5 aromatic rings. The number of anilines is 1. The first-order valence-corrected chi connectivity index (χ1v) is 13.1. The molecule has 1 fully saturated rings. The molecular weight excluding hydrogens is 506 g/mol. The molecule has 6 rings (SSSR count). The van der Waals surface area contributed by atoms with Crippen LogP contribution < -0.4 is 19.7 Å². The second kappa shape index (κ2) is 11.0. The Morgan fingerprint density at radius 1 is 0.795 bits per heavy atom. The van der Waals surface area contributed by atoms with Crippen LogP contribution in [0.2, 0.25) is 0 Å². The summed E-state index contributed by atoms with van der Waals surface area (Å²) in [5.41, 5.74) is 3.99. The van der Waals surface area contributed by atoms with Crippen LogP contribution in [0.15, 0.2) is 116 Å². The highest BCUT2D eigenvalue weighted by Gasteiger charge is 2.42. The highest BCUT2D eigenvalue weighted by Crippen LogP contribution is 2.42. The van der Waals surface area contributed by atoms with Gasteiger partial charge in [-0.25, -0.2) is 0 Å². The Bertz CT molecular complexity index is 1540. The van der Waals surface area contributed by atoms with E-state index in [2.05, 4.69) is 43.1 Å². The zero-order valence-electron chi connectivity index (χ0n) is 21.3. The van der Waals surface area contributed by atoms with Gasteiger partial charge in [-0.15, -0.1) is 0 Å². The summed E-state index contributed by atoms with van der Waals surface area (Å²) in [6, 6.07) is 31.4. The first-order valence-electron chi connectivity index (χ1n) is 12.7. The third-order valence-corrected chi connectivity index (χ3v) is 7.05. The SMILES string of the molecule is COc1ccc(Oc2ccc(N3C(=S)N[C@H](c4ccccn4)[C@@H]3c3cccn3Cc3ccccn3)cc2)cc1. The van der Waals surface area contributed by atoms with Crippen LogP contribution >= 0.6 is 12.2 Å². The van der Waals surface area contributed by atoms with E-state index in [1.807, 2.05) is 97.3 Å². The Balaban J connectivity index is 1.33. The number of pyridine rings is 2. The summed E-state index contributed by atoms with van der Waals surface area (Å²) in [6.07, 6.45) is 5.73. The lowest BCUT2D eigenvalue weighted by atomic mass is 10.0. The van der Waals surface area contributed by atoms with Crippen molar-refractivity contribution in [2.24, 2.45) is 0 Å². The van der Waals surface area contributed by atoms with E-state index in [1.165, 1.54) is 0 Å². The fraction of sp³-hybridized carbons (Fsp3) is 0.129. The Morgan fingerprint density at radius 3 is 2.15 bits per heavy atom. The highest BCUT2D eigenvalue weighted by molar-refractivity contribution is 7.80. The zero-order chi connectivity index (χ0) is 26.6. The summed E-state index contributed by atoms with van der Waals surface area (Å²) in [7, 11) is 1.65. The molecule has 1 aliphatic rings. The van der Waals surface area contributed by atoms with Crippen molar-refractivity contribution in [2.45, 2.75) is 18.6 Å². The van der Waals surface area contributed by atoms with Gasteiger partial charge in [-0.2, -0.15) is 0 Å². The van der Waals surface area contributed by atoms with Crippen molar-refractivity contribution in [1.29, 1.82) is 0 Å². The highest BCUT2D eigenvalue weighted by atomic mass is 32.1. The van der Waals surface area contributed by atoms with Gasteiger partial charge in [0.15, 0.2) is 5.11 Å². The predicted molar refractivity (Wildman–Crippen MR) is 155 cm³/mol. The molecule has 194 valence electrons. The third-order valence-electron chi connectivity index (χ3n) is 6.73. The molecule has 39 heavy (non-hydrogen) atoms. The van der Waals surface area contributed by atoms with Gasteiger partial charge in [-0.05, 0) is 97.1 Å². The monoisotopic (exact) mass is 533 g/mol. The van der Waals surface area contributed by atoms with Crippen LogP contribution in [0.4, 0.5) is 5.69 Å². The van der Waals surface area contributed by atoms with Crippen LogP contribution in [0.3, 0.4) is 0 Å². The number of aromatic nitrogens is 3. The Hall–Kier alpha value is -4.69. The van der Waals surface area contributed by atoms with Gasteiger partial charge in [-0.1, -0.05) is 12.1 Å². The molecule has 0 amide bonds. The average Bonchev–Trinajstić information content (AvgIpc) is 3.58. The number of ether oxygens (including phenoxy) is 2. The van der Waals surface area contributed by atoms with Crippen molar-refractivity contribution in [3.8, 4) is 17.2 Å². The minimum Gasteiger partial charge on any atom is -0.497 e. The number of methoxy groups -OCH3 is 1. The normalized spacial score (nSPS) is 16.6. The van der Waals surface area contributed by atoms with Gasteiger partial charge in [0.1, 0.15) is 23.3 Å². The summed E-state index contributed by atoms with van der Waals surface area (Å²) in [4.78, 5) is 11.4. The summed E-state index contributed by atoms with van der Waals surface area (Å²) >= 11 is 5.91. The van der Waals surface area contributed by atoms with Gasteiger partial charge < -0.3 is 24.3 Å². The number of thiocarbonyl (C=S) groups is 1.